The van der Waals surface area contributed by atoms with E-state index in [9.17, 15) is 0 Å². The van der Waals surface area contributed by atoms with Gasteiger partial charge in [-0.2, -0.15) is 0 Å². The van der Waals surface area contributed by atoms with Gasteiger partial charge in [0.25, 0.3) is 0 Å². The Morgan fingerprint density at radius 1 is 1.27 bits per heavy atom. The molecule has 0 aromatic heterocycles. The Hall–Kier alpha value is -0.760. The number of para-hydroxylation sites is 1. The summed E-state index contributed by atoms with van der Waals surface area (Å²) in [6.45, 7) is 3.53. The molecule has 0 saturated heterocycles. The lowest BCUT2D eigenvalue weighted by atomic mass is 10.3. The number of nitrogens with zero attached hydrogens (tertiary/aromatic N) is 1. The molecule has 0 aliphatic carbocycles. The summed E-state index contributed by atoms with van der Waals surface area (Å²) in [5, 5.41) is 0. The molecule has 11 heavy (non-hydrogen) atoms. The van der Waals surface area contributed by atoms with Crippen molar-refractivity contribution in [3.8, 4) is 0 Å². The molecule has 1 aromatic carbocycles. The van der Waals surface area contributed by atoms with Crippen LogP contribution in [-0.4, -0.2) is 19.2 Å². The summed E-state index contributed by atoms with van der Waals surface area (Å²) >= 11 is 0. The van der Waals surface area contributed by atoms with Gasteiger partial charge in [-0.25, -0.2) is 0 Å². The molecule has 0 aliphatic heterocycles. The standard InChI is InChI=1S/C9H12NS/c1-10-8-6-4-5-7-9(8)11(2)3/h4-7H,1H2,2-3H3/q+1. The Kier molecular flexibility index (Phi) is 2.71. The van der Waals surface area contributed by atoms with Gasteiger partial charge in [0.05, 0.1) is 0 Å². The van der Waals surface area contributed by atoms with E-state index < -0.39 is 0 Å². The Balaban J connectivity index is 3.12. The summed E-state index contributed by atoms with van der Waals surface area (Å²) in [5.74, 6) is 0. The molecule has 2 heteroatoms. The Bertz CT molecular complexity index is 255. The van der Waals surface area contributed by atoms with Crippen molar-refractivity contribution in [2.75, 3.05) is 12.5 Å². The molecule has 1 rings (SSSR count). The summed E-state index contributed by atoms with van der Waals surface area (Å²) in [6.07, 6.45) is 4.37. The molecule has 0 bridgehead atoms. The van der Waals surface area contributed by atoms with Crippen LogP contribution in [0.4, 0.5) is 5.69 Å². The smallest absolute Gasteiger partial charge is 0.179 e. The Morgan fingerprint density at radius 3 is 2.36 bits per heavy atom. The predicted octanol–water partition coefficient (Wildman–Crippen LogP) is 2.26. The number of rotatable bonds is 2. The minimum Gasteiger partial charge on any atom is -0.259 e. The molecule has 0 saturated carbocycles. The van der Waals surface area contributed by atoms with E-state index in [1.807, 2.05) is 18.2 Å². The molecule has 58 valence electrons. The van der Waals surface area contributed by atoms with Gasteiger partial charge in [0.15, 0.2) is 4.90 Å². The molecule has 0 fully saturated rings. The van der Waals surface area contributed by atoms with E-state index in [-0.39, 0.29) is 10.9 Å². The van der Waals surface area contributed by atoms with Crippen molar-refractivity contribution in [2.24, 2.45) is 4.99 Å². The van der Waals surface area contributed by atoms with E-state index >= 15 is 0 Å². The molecular formula is C9H12NS+. The third-order valence-corrected chi connectivity index (χ3v) is 2.70. The number of hydrogen-bond donors (Lipinski definition) is 0. The lowest BCUT2D eigenvalue weighted by Gasteiger charge is -1.98. The molecule has 0 unspecified atom stereocenters. The third kappa shape index (κ3) is 1.84. The molecule has 0 heterocycles. The van der Waals surface area contributed by atoms with Crippen LogP contribution in [0.1, 0.15) is 0 Å². The fourth-order valence-electron chi connectivity index (χ4n) is 0.933. The van der Waals surface area contributed by atoms with Crippen LogP contribution in [0.3, 0.4) is 0 Å². The van der Waals surface area contributed by atoms with Crippen molar-refractivity contribution in [1.29, 1.82) is 0 Å². The van der Waals surface area contributed by atoms with E-state index in [2.05, 4.69) is 30.3 Å². The summed E-state index contributed by atoms with van der Waals surface area (Å²) < 4.78 is 0. The summed E-state index contributed by atoms with van der Waals surface area (Å²) in [4.78, 5) is 5.24. The first-order chi connectivity index (χ1) is 5.25. The molecule has 1 aromatic rings. The lowest BCUT2D eigenvalue weighted by Crippen LogP contribution is -1.94. The van der Waals surface area contributed by atoms with Gasteiger partial charge in [0.2, 0.25) is 0 Å². The monoisotopic (exact) mass is 166 g/mol. The largest absolute Gasteiger partial charge is 0.259 e. The van der Waals surface area contributed by atoms with E-state index in [1.165, 1.54) is 4.90 Å². The lowest BCUT2D eigenvalue weighted by molar-refractivity contribution is 1.38. The quantitative estimate of drug-likeness (QED) is 0.472. The zero-order chi connectivity index (χ0) is 8.27. The highest BCUT2D eigenvalue weighted by molar-refractivity contribution is 7.95. The van der Waals surface area contributed by atoms with Crippen LogP contribution < -0.4 is 0 Å². The average molecular weight is 166 g/mol. The highest BCUT2D eigenvalue weighted by Crippen LogP contribution is 2.22. The van der Waals surface area contributed by atoms with E-state index in [1.54, 1.807) is 0 Å². The summed E-state index contributed by atoms with van der Waals surface area (Å²) in [6, 6.07) is 8.12. The van der Waals surface area contributed by atoms with Gasteiger partial charge in [0, 0.05) is 10.9 Å². The first-order valence-corrected chi connectivity index (χ1v) is 5.43. The highest BCUT2D eigenvalue weighted by Gasteiger charge is 2.11. The van der Waals surface area contributed by atoms with Crippen molar-refractivity contribution < 1.29 is 0 Å². The van der Waals surface area contributed by atoms with Gasteiger partial charge in [-0.15, -0.1) is 0 Å². The van der Waals surface area contributed by atoms with Gasteiger partial charge >= 0.3 is 0 Å². The first-order valence-electron chi connectivity index (χ1n) is 3.39. The van der Waals surface area contributed by atoms with Crippen molar-refractivity contribution in [3.05, 3.63) is 24.3 Å². The van der Waals surface area contributed by atoms with E-state index in [4.69, 9.17) is 0 Å². The number of benzene rings is 1. The van der Waals surface area contributed by atoms with Gasteiger partial charge in [-0.05, 0) is 18.9 Å². The fourth-order valence-corrected chi connectivity index (χ4v) is 1.83. The van der Waals surface area contributed by atoms with Crippen LogP contribution >= 0.6 is 0 Å². The summed E-state index contributed by atoms with van der Waals surface area (Å²) in [7, 11) is 0.276. The maximum Gasteiger partial charge on any atom is 0.179 e. The molecule has 0 N–H and O–H groups in total. The van der Waals surface area contributed by atoms with Crippen molar-refractivity contribution in [2.45, 2.75) is 4.90 Å². The third-order valence-electron chi connectivity index (χ3n) is 1.48. The molecule has 0 atom stereocenters. The second-order valence-electron chi connectivity index (χ2n) is 2.44. The van der Waals surface area contributed by atoms with Crippen LogP contribution in [-0.2, 0) is 10.9 Å². The molecule has 0 radical (unpaired) electrons. The van der Waals surface area contributed by atoms with E-state index in [0.717, 1.165) is 5.69 Å². The maximum atomic E-state index is 3.95. The average Bonchev–Trinajstić information content (AvgIpc) is 2.04. The summed E-state index contributed by atoms with van der Waals surface area (Å²) in [5.41, 5.74) is 1.01. The van der Waals surface area contributed by atoms with E-state index in [0.29, 0.717) is 0 Å². The molecule has 1 nitrogen and oxygen atoms in total. The minimum absolute atomic E-state index is 0.276. The van der Waals surface area contributed by atoms with Gasteiger partial charge in [-0.1, -0.05) is 12.1 Å². The molecule has 0 amide bonds. The van der Waals surface area contributed by atoms with Crippen molar-refractivity contribution >= 4 is 23.3 Å². The minimum atomic E-state index is 0.276. The zero-order valence-corrected chi connectivity index (χ0v) is 7.69. The Labute approximate surface area is 70.5 Å². The molecular weight excluding hydrogens is 154 g/mol. The number of hydrogen-bond acceptors (Lipinski definition) is 1. The van der Waals surface area contributed by atoms with Crippen LogP contribution in [0.25, 0.3) is 0 Å². The van der Waals surface area contributed by atoms with Crippen molar-refractivity contribution in [3.63, 3.8) is 0 Å². The first kappa shape index (κ1) is 8.34. The SMILES string of the molecule is C=Nc1ccccc1[S+](C)C. The second kappa shape index (κ2) is 3.58. The fraction of sp³-hybridized carbons (Fsp3) is 0.222. The Morgan fingerprint density at radius 2 is 1.91 bits per heavy atom. The molecule has 0 aliphatic rings. The normalized spacial score (nSPS) is 10.1. The van der Waals surface area contributed by atoms with Crippen LogP contribution in [0.5, 0.6) is 0 Å². The maximum absolute atomic E-state index is 3.95. The van der Waals surface area contributed by atoms with Crippen molar-refractivity contribution in [1.82, 2.24) is 0 Å². The van der Waals surface area contributed by atoms with Gasteiger partial charge in [0.1, 0.15) is 18.2 Å². The van der Waals surface area contributed by atoms with Crippen LogP contribution in [0.15, 0.2) is 34.2 Å². The van der Waals surface area contributed by atoms with Gasteiger partial charge < -0.3 is 0 Å². The topological polar surface area (TPSA) is 12.4 Å². The highest BCUT2D eigenvalue weighted by atomic mass is 32.2. The predicted molar refractivity (Wildman–Crippen MR) is 53.1 cm³/mol. The number of aliphatic imine (C=N–C) groups is 1. The van der Waals surface area contributed by atoms with Crippen LogP contribution in [0.2, 0.25) is 0 Å². The molecule has 0 spiro atoms. The van der Waals surface area contributed by atoms with Crippen LogP contribution in [0, 0.1) is 0 Å². The van der Waals surface area contributed by atoms with Gasteiger partial charge in [-0.3, -0.25) is 4.99 Å². The zero-order valence-electron chi connectivity index (χ0n) is 6.87. The second-order valence-corrected chi connectivity index (χ2v) is 4.52.